The van der Waals surface area contributed by atoms with Crippen LogP contribution in [0, 0.1) is 17.0 Å². The molecule has 1 heterocycles. The highest BCUT2D eigenvalue weighted by Gasteiger charge is 2.30. The molecule has 33 heavy (non-hydrogen) atoms. The lowest BCUT2D eigenvalue weighted by Crippen LogP contribution is -2.16. The van der Waals surface area contributed by atoms with Crippen LogP contribution in [0.2, 0.25) is 0 Å². The molecule has 1 amide bonds. The first-order chi connectivity index (χ1) is 15.6. The second kappa shape index (κ2) is 9.69. The zero-order chi connectivity index (χ0) is 24.2. The van der Waals surface area contributed by atoms with Gasteiger partial charge in [0.05, 0.1) is 28.5 Å². The monoisotopic (exact) mass is 463 g/mol. The Balaban J connectivity index is 1.89. The summed E-state index contributed by atoms with van der Waals surface area (Å²) in [6.07, 6.45) is -4.54. The molecule has 9 nitrogen and oxygen atoms in total. The predicted octanol–water partition coefficient (Wildman–Crippen LogP) is 4.42. The molecule has 1 aromatic heterocycles. The van der Waals surface area contributed by atoms with Crippen LogP contribution < -0.4 is 10.6 Å². The molecule has 3 rings (SSSR count). The van der Waals surface area contributed by atoms with Gasteiger partial charge in [-0.25, -0.2) is 4.68 Å². The van der Waals surface area contributed by atoms with Crippen LogP contribution in [0.4, 0.5) is 30.4 Å². The highest BCUT2D eigenvalue weighted by atomic mass is 19.4. The largest absolute Gasteiger partial charge is 0.416 e. The van der Waals surface area contributed by atoms with Crippen molar-refractivity contribution < 1.29 is 27.6 Å². The minimum Gasteiger partial charge on any atom is -0.383 e. The second-order valence-electron chi connectivity index (χ2n) is 6.99. The number of rotatable bonds is 8. The van der Waals surface area contributed by atoms with E-state index < -0.39 is 22.6 Å². The number of nitrogens with one attached hydrogen (secondary N) is 2. The van der Waals surface area contributed by atoms with Crippen molar-refractivity contribution in [2.24, 2.45) is 0 Å². The molecule has 0 spiro atoms. The third-order valence-electron chi connectivity index (χ3n) is 4.57. The van der Waals surface area contributed by atoms with Gasteiger partial charge in [-0.1, -0.05) is 6.07 Å². The fourth-order valence-electron chi connectivity index (χ4n) is 3.05. The Kier molecular flexibility index (Phi) is 6.97. The van der Waals surface area contributed by atoms with Crippen LogP contribution in [0.5, 0.6) is 0 Å². The van der Waals surface area contributed by atoms with Crippen molar-refractivity contribution in [1.29, 1.82) is 0 Å². The van der Waals surface area contributed by atoms with Gasteiger partial charge in [0, 0.05) is 31.4 Å². The Morgan fingerprint density at radius 2 is 1.97 bits per heavy atom. The number of halogens is 3. The summed E-state index contributed by atoms with van der Waals surface area (Å²) in [5, 5.41) is 21.0. The molecule has 174 valence electrons. The Morgan fingerprint density at radius 1 is 1.21 bits per heavy atom. The maximum atomic E-state index is 13.1. The number of aryl methyl sites for hydroxylation is 1. The van der Waals surface area contributed by atoms with Crippen LogP contribution in [0.15, 0.2) is 48.5 Å². The lowest BCUT2D eigenvalue weighted by Gasteiger charge is -2.12. The molecule has 0 fully saturated rings. The van der Waals surface area contributed by atoms with Crippen molar-refractivity contribution in [2.45, 2.75) is 13.1 Å². The van der Waals surface area contributed by atoms with Gasteiger partial charge < -0.3 is 15.4 Å². The minimum absolute atomic E-state index is 0.00608. The quantitative estimate of drug-likeness (QED) is 0.291. The van der Waals surface area contributed by atoms with Crippen molar-refractivity contribution >= 4 is 23.1 Å². The molecule has 0 aliphatic heterocycles. The van der Waals surface area contributed by atoms with Crippen molar-refractivity contribution in [3.8, 4) is 5.69 Å². The van der Waals surface area contributed by atoms with Gasteiger partial charge in [-0.2, -0.15) is 18.3 Å². The maximum Gasteiger partial charge on any atom is 0.416 e. The molecule has 0 bridgehead atoms. The van der Waals surface area contributed by atoms with Crippen LogP contribution in [-0.2, 0) is 10.9 Å². The lowest BCUT2D eigenvalue weighted by molar-refractivity contribution is -0.384. The normalized spacial score (nSPS) is 11.3. The summed E-state index contributed by atoms with van der Waals surface area (Å²) >= 11 is 0. The molecule has 3 aromatic rings. The molecule has 0 unspecified atom stereocenters. The topological polar surface area (TPSA) is 111 Å². The number of nitrogens with zero attached hydrogens (tertiary/aromatic N) is 3. The van der Waals surface area contributed by atoms with E-state index in [9.17, 15) is 28.1 Å². The first-order valence-electron chi connectivity index (χ1n) is 9.67. The summed E-state index contributed by atoms with van der Waals surface area (Å²) in [5.41, 5.74) is -0.408. The fourth-order valence-corrected chi connectivity index (χ4v) is 3.05. The van der Waals surface area contributed by atoms with E-state index in [-0.39, 0.29) is 28.4 Å². The fraction of sp³-hybridized carbons (Fsp3) is 0.238. The average Bonchev–Trinajstić information content (AvgIpc) is 3.13. The molecule has 0 atom stereocenters. The van der Waals surface area contributed by atoms with Crippen LogP contribution >= 0.6 is 0 Å². The number of carbonyl (C=O) groups excluding carboxylic acids is 1. The van der Waals surface area contributed by atoms with Gasteiger partial charge in [-0.3, -0.25) is 14.9 Å². The van der Waals surface area contributed by atoms with Gasteiger partial charge in [-0.05, 0) is 37.3 Å². The summed E-state index contributed by atoms with van der Waals surface area (Å²) in [7, 11) is 1.50. The highest BCUT2D eigenvalue weighted by Crippen LogP contribution is 2.31. The van der Waals surface area contributed by atoms with Gasteiger partial charge in [0.15, 0.2) is 0 Å². The van der Waals surface area contributed by atoms with E-state index in [2.05, 4.69) is 15.7 Å². The third-order valence-corrected chi connectivity index (χ3v) is 4.57. The summed E-state index contributed by atoms with van der Waals surface area (Å²) in [6.45, 7) is 2.28. The van der Waals surface area contributed by atoms with Gasteiger partial charge >= 0.3 is 6.18 Å². The molecule has 2 aromatic carbocycles. The Hall–Kier alpha value is -3.93. The molecule has 0 saturated heterocycles. The molecule has 2 N–H and O–H groups in total. The first-order valence-corrected chi connectivity index (χ1v) is 9.67. The van der Waals surface area contributed by atoms with Crippen LogP contribution in [0.1, 0.15) is 21.6 Å². The van der Waals surface area contributed by atoms with E-state index in [0.717, 1.165) is 22.9 Å². The number of methoxy groups -OCH3 is 1. The maximum absolute atomic E-state index is 13.1. The Bertz CT molecular complexity index is 1180. The number of ether oxygens (including phenoxy) is 1. The number of hydrogen-bond donors (Lipinski definition) is 2. The number of alkyl halides is 3. The van der Waals surface area contributed by atoms with E-state index in [1.54, 1.807) is 6.92 Å². The summed E-state index contributed by atoms with van der Waals surface area (Å²) in [4.78, 5) is 23.6. The molecule has 0 saturated carbocycles. The van der Waals surface area contributed by atoms with E-state index in [1.165, 1.54) is 37.4 Å². The number of carbonyl (C=O) groups is 1. The number of aromatic nitrogens is 2. The van der Waals surface area contributed by atoms with Gasteiger partial charge in [0.2, 0.25) is 0 Å². The SMILES string of the molecule is COCCNc1ccc(C(=O)Nc2cc(C)nn2-c2cccc(C(F)(F)F)c2)cc1[N+](=O)[O-]. The van der Waals surface area contributed by atoms with Gasteiger partial charge in [0.1, 0.15) is 11.5 Å². The smallest absolute Gasteiger partial charge is 0.383 e. The molecule has 0 aliphatic rings. The molecule has 12 heteroatoms. The zero-order valence-electron chi connectivity index (χ0n) is 17.6. The van der Waals surface area contributed by atoms with E-state index in [1.807, 2.05) is 0 Å². The molecule has 0 aliphatic carbocycles. The molecule has 0 radical (unpaired) electrons. The third kappa shape index (κ3) is 5.66. The number of anilines is 2. The van der Waals surface area contributed by atoms with Crippen LogP contribution in [0.25, 0.3) is 5.69 Å². The second-order valence-corrected chi connectivity index (χ2v) is 6.99. The summed E-state index contributed by atoms with van der Waals surface area (Å²) < 4.78 is 45.3. The van der Waals surface area contributed by atoms with Crippen molar-refractivity contribution in [3.63, 3.8) is 0 Å². The van der Waals surface area contributed by atoms with Crippen LogP contribution in [0.3, 0.4) is 0 Å². The number of nitro groups is 1. The number of amides is 1. The van der Waals surface area contributed by atoms with Crippen molar-refractivity contribution in [3.05, 3.63) is 75.5 Å². The van der Waals surface area contributed by atoms with E-state index in [4.69, 9.17) is 4.74 Å². The number of nitro benzene ring substituents is 1. The van der Waals surface area contributed by atoms with Crippen LogP contribution in [-0.4, -0.2) is 40.9 Å². The van der Waals surface area contributed by atoms with Gasteiger partial charge in [0.25, 0.3) is 11.6 Å². The van der Waals surface area contributed by atoms with E-state index in [0.29, 0.717) is 18.8 Å². The minimum atomic E-state index is -4.54. The number of benzene rings is 2. The Morgan fingerprint density at radius 3 is 2.64 bits per heavy atom. The zero-order valence-corrected chi connectivity index (χ0v) is 17.6. The standard InChI is InChI=1S/C21H20F3N5O4/c1-13-10-19(28(27-13)16-5-3-4-15(12-16)21(22,23)24)26-20(30)14-6-7-17(25-8-9-33-2)18(11-14)29(31)32/h3-7,10-12,25H,8-9H2,1-2H3,(H,26,30). The number of hydrogen-bond acceptors (Lipinski definition) is 6. The molecular formula is C21H20F3N5O4. The van der Waals surface area contributed by atoms with E-state index >= 15 is 0 Å². The summed E-state index contributed by atoms with van der Waals surface area (Å²) in [6, 6.07) is 9.89. The predicted molar refractivity (Wildman–Crippen MR) is 115 cm³/mol. The Labute approximate surface area is 186 Å². The van der Waals surface area contributed by atoms with Crippen molar-refractivity contribution in [1.82, 2.24) is 9.78 Å². The first kappa shape index (κ1) is 23.7. The highest BCUT2D eigenvalue weighted by molar-refractivity contribution is 6.04. The summed E-state index contributed by atoms with van der Waals surface area (Å²) in [5.74, 6) is -0.573. The molecular weight excluding hydrogens is 443 g/mol. The van der Waals surface area contributed by atoms with Crippen molar-refractivity contribution in [2.75, 3.05) is 30.9 Å². The van der Waals surface area contributed by atoms with Gasteiger partial charge in [-0.15, -0.1) is 0 Å². The average molecular weight is 463 g/mol. The lowest BCUT2D eigenvalue weighted by atomic mass is 10.1.